The lowest BCUT2D eigenvalue weighted by molar-refractivity contribution is -0.121. The van der Waals surface area contributed by atoms with Crippen molar-refractivity contribution in [2.75, 3.05) is 19.4 Å². The summed E-state index contributed by atoms with van der Waals surface area (Å²) in [7, 11) is 3.78. The summed E-state index contributed by atoms with van der Waals surface area (Å²) in [5.41, 5.74) is 1.67. The van der Waals surface area contributed by atoms with E-state index in [1.807, 2.05) is 46.7 Å². The maximum Gasteiger partial charge on any atom is 0.244 e. The lowest BCUT2D eigenvalue weighted by Crippen LogP contribution is -2.43. The molecule has 0 saturated carbocycles. The van der Waals surface area contributed by atoms with Crippen LogP contribution in [0.2, 0.25) is 0 Å². The third-order valence-corrected chi connectivity index (χ3v) is 2.85. The van der Waals surface area contributed by atoms with E-state index >= 15 is 0 Å². The first-order valence-corrected chi connectivity index (χ1v) is 5.74. The monoisotopic (exact) mass is 239 g/mol. The summed E-state index contributed by atoms with van der Waals surface area (Å²) in [6.07, 6.45) is 0. The van der Waals surface area contributed by atoms with E-state index in [-0.39, 0.29) is 17.9 Å². The van der Waals surface area contributed by atoms with Crippen LogP contribution >= 0.6 is 0 Å². The topological polar surface area (TPSA) is 58.4 Å². The predicted molar refractivity (Wildman–Crippen MR) is 66.9 cm³/mol. The van der Waals surface area contributed by atoms with E-state index < -0.39 is 0 Å². The van der Waals surface area contributed by atoms with Gasteiger partial charge in [-0.25, -0.2) is 0 Å². The minimum atomic E-state index is -0.181. The van der Waals surface area contributed by atoms with Crippen LogP contribution in [0.5, 0.6) is 0 Å². The number of hydrogen-bond donors (Lipinski definition) is 1. The number of nitrogens with zero attached hydrogens (tertiary/aromatic N) is 2. The molecule has 0 bridgehead atoms. The molecule has 0 fully saturated rings. The van der Waals surface area contributed by atoms with E-state index in [1.54, 1.807) is 0 Å². The number of carbonyl (C=O) groups is 1. The summed E-state index contributed by atoms with van der Waals surface area (Å²) in [4.78, 5) is 14.0. The zero-order valence-corrected chi connectivity index (χ0v) is 11.4. The standard InChI is InChI=1S/C12H21N3O2/c1-7(2)10(15(5)6)11(16)13-12-8(3)9(4)14-17-12/h7,10H,1-6H3,(H,13,16). The fourth-order valence-electron chi connectivity index (χ4n) is 1.85. The van der Waals surface area contributed by atoms with Crippen molar-refractivity contribution in [3.8, 4) is 0 Å². The van der Waals surface area contributed by atoms with Gasteiger partial charge in [-0.05, 0) is 33.9 Å². The van der Waals surface area contributed by atoms with Gasteiger partial charge in [0.2, 0.25) is 11.8 Å². The number of rotatable bonds is 4. The molecule has 1 aromatic heterocycles. The molecule has 5 nitrogen and oxygen atoms in total. The molecule has 96 valence electrons. The van der Waals surface area contributed by atoms with Crippen molar-refractivity contribution in [3.63, 3.8) is 0 Å². The van der Waals surface area contributed by atoms with Crippen LogP contribution < -0.4 is 5.32 Å². The van der Waals surface area contributed by atoms with Crippen LogP contribution in [0.25, 0.3) is 0 Å². The van der Waals surface area contributed by atoms with Crippen LogP contribution in [0, 0.1) is 19.8 Å². The van der Waals surface area contributed by atoms with Crippen molar-refractivity contribution >= 4 is 11.8 Å². The molecule has 0 aliphatic rings. The van der Waals surface area contributed by atoms with Gasteiger partial charge in [0.15, 0.2) is 0 Å². The Morgan fingerprint density at radius 3 is 2.29 bits per heavy atom. The second-order valence-corrected chi connectivity index (χ2v) is 4.86. The second kappa shape index (κ2) is 5.31. The van der Waals surface area contributed by atoms with Crippen molar-refractivity contribution in [2.45, 2.75) is 33.7 Å². The molecule has 5 heteroatoms. The highest BCUT2D eigenvalue weighted by Crippen LogP contribution is 2.19. The minimum absolute atomic E-state index is 0.0655. The van der Waals surface area contributed by atoms with Crippen molar-refractivity contribution < 1.29 is 9.32 Å². The molecule has 1 heterocycles. The van der Waals surface area contributed by atoms with Crippen LogP contribution in [0.1, 0.15) is 25.1 Å². The number of anilines is 1. The SMILES string of the molecule is Cc1noc(NC(=O)C(C(C)C)N(C)C)c1C. The zero-order valence-electron chi connectivity index (χ0n) is 11.4. The molecule has 1 unspecified atom stereocenters. The average molecular weight is 239 g/mol. The summed E-state index contributed by atoms with van der Waals surface area (Å²) >= 11 is 0. The van der Waals surface area contributed by atoms with E-state index in [2.05, 4.69) is 10.5 Å². The third kappa shape index (κ3) is 3.06. The summed E-state index contributed by atoms with van der Waals surface area (Å²) < 4.78 is 5.07. The van der Waals surface area contributed by atoms with Gasteiger partial charge in [0.25, 0.3) is 0 Å². The first kappa shape index (κ1) is 13.7. The van der Waals surface area contributed by atoms with Gasteiger partial charge in [0.05, 0.1) is 11.7 Å². The van der Waals surface area contributed by atoms with Crippen molar-refractivity contribution in [2.24, 2.45) is 5.92 Å². The van der Waals surface area contributed by atoms with Gasteiger partial charge >= 0.3 is 0 Å². The maximum atomic E-state index is 12.1. The normalized spacial score (nSPS) is 13.2. The van der Waals surface area contributed by atoms with Crippen LogP contribution in [0.4, 0.5) is 5.88 Å². The molecule has 1 N–H and O–H groups in total. The molecule has 0 aliphatic carbocycles. The summed E-state index contributed by atoms with van der Waals surface area (Å²) in [5.74, 6) is 0.610. The van der Waals surface area contributed by atoms with E-state index in [0.717, 1.165) is 11.3 Å². The number of likely N-dealkylation sites (N-methyl/N-ethyl adjacent to an activating group) is 1. The zero-order chi connectivity index (χ0) is 13.2. The fraction of sp³-hybridized carbons (Fsp3) is 0.667. The quantitative estimate of drug-likeness (QED) is 0.870. The van der Waals surface area contributed by atoms with Crippen LogP contribution in [0.15, 0.2) is 4.52 Å². The molecular weight excluding hydrogens is 218 g/mol. The number of aromatic nitrogens is 1. The predicted octanol–water partition coefficient (Wildman–Crippen LogP) is 1.82. The number of carbonyl (C=O) groups excluding carboxylic acids is 1. The fourth-order valence-corrected chi connectivity index (χ4v) is 1.85. The molecule has 1 rings (SSSR count). The lowest BCUT2D eigenvalue weighted by Gasteiger charge is -2.26. The number of aryl methyl sites for hydroxylation is 1. The maximum absolute atomic E-state index is 12.1. The number of nitrogens with one attached hydrogen (secondary N) is 1. The molecule has 0 saturated heterocycles. The van der Waals surface area contributed by atoms with Gasteiger partial charge in [-0.15, -0.1) is 0 Å². The van der Waals surface area contributed by atoms with E-state index in [1.165, 1.54) is 0 Å². The van der Waals surface area contributed by atoms with Gasteiger partial charge in [0, 0.05) is 5.56 Å². The van der Waals surface area contributed by atoms with Gasteiger partial charge in [-0.2, -0.15) is 0 Å². The third-order valence-electron chi connectivity index (χ3n) is 2.85. The summed E-state index contributed by atoms with van der Waals surface area (Å²) in [6, 6.07) is -0.181. The van der Waals surface area contributed by atoms with Crippen LogP contribution in [-0.2, 0) is 4.79 Å². The highest BCUT2D eigenvalue weighted by Gasteiger charge is 2.25. The van der Waals surface area contributed by atoms with Crippen LogP contribution in [0.3, 0.4) is 0 Å². The molecule has 0 aliphatic heterocycles. The van der Waals surface area contributed by atoms with E-state index in [0.29, 0.717) is 5.88 Å². The molecule has 0 radical (unpaired) electrons. The molecule has 0 aromatic carbocycles. The Morgan fingerprint density at radius 1 is 1.35 bits per heavy atom. The largest absolute Gasteiger partial charge is 0.338 e. The lowest BCUT2D eigenvalue weighted by atomic mass is 10.0. The average Bonchev–Trinajstić information content (AvgIpc) is 2.48. The number of hydrogen-bond acceptors (Lipinski definition) is 4. The van der Waals surface area contributed by atoms with E-state index in [9.17, 15) is 4.79 Å². The Morgan fingerprint density at radius 2 is 1.94 bits per heavy atom. The highest BCUT2D eigenvalue weighted by molar-refractivity contribution is 5.94. The molecule has 0 spiro atoms. The Balaban J connectivity index is 2.81. The Bertz CT molecular complexity index is 388. The first-order chi connectivity index (χ1) is 7.84. The van der Waals surface area contributed by atoms with Gasteiger partial charge in [-0.3, -0.25) is 15.0 Å². The number of amides is 1. The summed E-state index contributed by atoms with van der Waals surface area (Å²) in [6.45, 7) is 7.76. The second-order valence-electron chi connectivity index (χ2n) is 4.86. The minimum Gasteiger partial charge on any atom is -0.338 e. The van der Waals surface area contributed by atoms with Gasteiger partial charge in [0.1, 0.15) is 0 Å². The molecule has 1 atom stereocenters. The smallest absolute Gasteiger partial charge is 0.244 e. The van der Waals surface area contributed by atoms with Crippen molar-refractivity contribution in [1.29, 1.82) is 0 Å². The Kier molecular flexibility index (Phi) is 4.28. The van der Waals surface area contributed by atoms with Crippen LogP contribution in [-0.4, -0.2) is 36.1 Å². The molecule has 1 aromatic rings. The highest BCUT2D eigenvalue weighted by atomic mass is 16.5. The molecule has 17 heavy (non-hydrogen) atoms. The first-order valence-electron chi connectivity index (χ1n) is 5.74. The Hall–Kier alpha value is -1.36. The Labute approximate surface area is 102 Å². The van der Waals surface area contributed by atoms with Gasteiger partial charge in [-0.1, -0.05) is 19.0 Å². The van der Waals surface area contributed by atoms with Crippen molar-refractivity contribution in [1.82, 2.24) is 10.1 Å². The molecular formula is C12H21N3O2. The van der Waals surface area contributed by atoms with Gasteiger partial charge < -0.3 is 4.52 Å². The summed E-state index contributed by atoms with van der Waals surface area (Å²) in [5, 5.41) is 6.60. The molecule has 1 amide bonds. The van der Waals surface area contributed by atoms with E-state index in [4.69, 9.17) is 4.52 Å². The van der Waals surface area contributed by atoms with Crippen molar-refractivity contribution in [3.05, 3.63) is 11.3 Å².